The van der Waals surface area contributed by atoms with E-state index in [1.54, 1.807) is 11.3 Å². The van der Waals surface area contributed by atoms with Crippen LogP contribution in [0.2, 0.25) is 0 Å². The number of fused-ring (bicyclic) bond motifs is 1. The summed E-state index contributed by atoms with van der Waals surface area (Å²) in [5, 5.41) is 3.00. The van der Waals surface area contributed by atoms with Crippen LogP contribution in [-0.4, -0.2) is 17.0 Å². The SMILES string of the molecule is Cc1cc2c(cc(C(=O)NCCc3ccccc3)n2C)s1. The minimum Gasteiger partial charge on any atom is -0.350 e. The van der Waals surface area contributed by atoms with E-state index in [2.05, 4.69) is 30.4 Å². The molecule has 3 aromatic rings. The number of amides is 1. The molecule has 21 heavy (non-hydrogen) atoms. The second-order valence-corrected chi connectivity index (χ2v) is 6.47. The number of hydrogen-bond acceptors (Lipinski definition) is 2. The van der Waals surface area contributed by atoms with E-state index < -0.39 is 0 Å². The third-order valence-corrected chi connectivity index (χ3v) is 4.62. The number of benzene rings is 1. The molecule has 0 spiro atoms. The summed E-state index contributed by atoms with van der Waals surface area (Å²) in [4.78, 5) is 13.6. The van der Waals surface area contributed by atoms with Crippen molar-refractivity contribution in [2.45, 2.75) is 13.3 Å². The first kappa shape index (κ1) is 13.9. The molecule has 2 aromatic heterocycles. The van der Waals surface area contributed by atoms with Gasteiger partial charge in [-0.3, -0.25) is 4.79 Å². The van der Waals surface area contributed by atoms with Gasteiger partial charge in [-0.15, -0.1) is 11.3 Å². The van der Waals surface area contributed by atoms with Gasteiger partial charge in [-0.25, -0.2) is 0 Å². The molecule has 108 valence electrons. The smallest absolute Gasteiger partial charge is 0.267 e. The Morgan fingerprint density at radius 1 is 1.24 bits per heavy atom. The maximum atomic E-state index is 12.3. The number of aromatic nitrogens is 1. The molecule has 0 aliphatic heterocycles. The summed E-state index contributed by atoms with van der Waals surface area (Å²) in [5.74, 6) is -0.00511. The number of carbonyl (C=O) groups is 1. The van der Waals surface area contributed by atoms with E-state index in [4.69, 9.17) is 0 Å². The third-order valence-electron chi connectivity index (χ3n) is 3.63. The van der Waals surface area contributed by atoms with Crippen molar-refractivity contribution in [3.8, 4) is 0 Å². The van der Waals surface area contributed by atoms with Gasteiger partial charge < -0.3 is 9.88 Å². The largest absolute Gasteiger partial charge is 0.350 e. The van der Waals surface area contributed by atoms with Crippen LogP contribution in [0.3, 0.4) is 0 Å². The molecular formula is C17H18N2OS. The average Bonchev–Trinajstić information content (AvgIpc) is 2.98. The Labute approximate surface area is 128 Å². The van der Waals surface area contributed by atoms with Gasteiger partial charge in [-0.1, -0.05) is 30.3 Å². The minimum absolute atomic E-state index is 0.00511. The molecule has 2 heterocycles. The molecule has 1 amide bonds. The highest BCUT2D eigenvalue weighted by Gasteiger charge is 2.14. The standard InChI is InChI=1S/C17H18N2OS/c1-12-10-14-16(21-12)11-15(19(14)2)17(20)18-9-8-13-6-4-3-5-7-13/h3-7,10-11H,8-9H2,1-2H3,(H,18,20). The van der Waals surface area contributed by atoms with Gasteiger partial charge in [0.1, 0.15) is 5.69 Å². The summed E-state index contributed by atoms with van der Waals surface area (Å²) < 4.78 is 3.14. The highest BCUT2D eigenvalue weighted by atomic mass is 32.1. The Morgan fingerprint density at radius 3 is 2.71 bits per heavy atom. The van der Waals surface area contributed by atoms with Crippen molar-refractivity contribution in [1.82, 2.24) is 9.88 Å². The fourth-order valence-electron chi connectivity index (χ4n) is 2.51. The molecule has 0 bridgehead atoms. The van der Waals surface area contributed by atoms with E-state index in [9.17, 15) is 4.79 Å². The van der Waals surface area contributed by atoms with E-state index in [1.165, 1.54) is 15.1 Å². The normalized spacial score (nSPS) is 11.0. The molecule has 0 atom stereocenters. The van der Waals surface area contributed by atoms with Gasteiger partial charge in [0.25, 0.3) is 5.91 Å². The molecule has 1 N–H and O–H groups in total. The van der Waals surface area contributed by atoms with Crippen LogP contribution in [0.15, 0.2) is 42.5 Å². The number of hydrogen-bond donors (Lipinski definition) is 1. The number of thiophene rings is 1. The Kier molecular flexibility index (Phi) is 3.80. The van der Waals surface area contributed by atoms with Gasteiger partial charge in [0.05, 0.1) is 10.2 Å². The number of nitrogens with zero attached hydrogens (tertiary/aromatic N) is 1. The minimum atomic E-state index is -0.00511. The lowest BCUT2D eigenvalue weighted by Gasteiger charge is -2.06. The van der Waals surface area contributed by atoms with Gasteiger partial charge in [-0.05, 0) is 31.0 Å². The van der Waals surface area contributed by atoms with Gasteiger partial charge in [0.2, 0.25) is 0 Å². The zero-order chi connectivity index (χ0) is 14.8. The van der Waals surface area contributed by atoms with E-state index >= 15 is 0 Å². The first-order valence-corrected chi connectivity index (χ1v) is 7.85. The van der Waals surface area contributed by atoms with Crippen LogP contribution in [0.1, 0.15) is 20.9 Å². The average molecular weight is 298 g/mol. The van der Waals surface area contributed by atoms with Gasteiger partial charge >= 0.3 is 0 Å². The summed E-state index contributed by atoms with van der Waals surface area (Å²) in [6.45, 7) is 2.74. The van der Waals surface area contributed by atoms with Crippen molar-refractivity contribution in [3.05, 3.63) is 58.6 Å². The Hall–Kier alpha value is -2.07. The summed E-state index contributed by atoms with van der Waals surface area (Å²) in [5.41, 5.74) is 3.09. The first-order chi connectivity index (χ1) is 10.1. The quantitative estimate of drug-likeness (QED) is 0.785. The second kappa shape index (κ2) is 5.74. The zero-order valence-electron chi connectivity index (χ0n) is 12.2. The molecular weight excluding hydrogens is 280 g/mol. The van der Waals surface area contributed by atoms with E-state index in [-0.39, 0.29) is 5.91 Å². The lowest BCUT2D eigenvalue weighted by atomic mass is 10.1. The van der Waals surface area contributed by atoms with Crippen molar-refractivity contribution < 1.29 is 4.79 Å². The van der Waals surface area contributed by atoms with Gasteiger partial charge in [0, 0.05) is 18.5 Å². The molecule has 0 fully saturated rings. The number of nitrogens with one attached hydrogen (secondary N) is 1. The maximum absolute atomic E-state index is 12.3. The number of rotatable bonds is 4. The third kappa shape index (κ3) is 2.85. The molecule has 0 unspecified atom stereocenters. The summed E-state index contributed by atoms with van der Waals surface area (Å²) in [7, 11) is 1.95. The fraction of sp³-hybridized carbons (Fsp3) is 0.235. The topological polar surface area (TPSA) is 34.0 Å². The van der Waals surface area contributed by atoms with Crippen molar-refractivity contribution in [2.24, 2.45) is 7.05 Å². The molecule has 0 radical (unpaired) electrons. The highest BCUT2D eigenvalue weighted by Crippen LogP contribution is 2.27. The zero-order valence-corrected chi connectivity index (χ0v) is 13.0. The first-order valence-electron chi connectivity index (χ1n) is 7.03. The van der Waals surface area contributed by atoms with E-state index in [0.29, 0.717) is 6.54 Å². The Bertz CT molecular complexity index is 771. The maximum Gasteiger partial charge on any atom is 0.267 e. The molecule has 1 aromatic carbocycles. The molecule has 4 heteroatoms. The lowest BCUT2D eigenvalue weighted by molar-refractivity contribution is 0.0946. The van der Waals surface area contributed by atoms with Crippen molar-refractivity contribution in [2.75, 3.05) is 6.54 Å². The highest BCUT2D eigenvalue weighted by molar-refractivity contribution is 7.19. The van der Waals surface area contributed by atoms with Crippen LogP contribution in [0.4, 0.5) is 0 Å². The summed E-state index contributed by atoms with van der Waals surface area (Å²) in [6.07, 6.45) is 0.852. The number of carbonyl (C=O) groups excluding carboxylic acids is 1. The summed E-state index contributed by atoms with van der Waals surface area (Å²) >= 11 is 1.72. The second-order valence-electron chi connectivity index (χ2n) is 5.19. The van der Waals surface area contributed by atoms with E-state index in [1.807, 2.05) is 35.9 Å². The van der Waals surface area contributed by atoms with Gasteiger partial charge in [-0.2, -0.15) is 0 Å². The molecule has 3 rings (SSSR count). The summed E-state index contributed by atoms with van der Waals surface area (Å²) in [6, 6.07) is 14.3. The predicted octanol–water partition coefficient (Wildman–Crippen LogP) is 3.52. The number of aryl methyl sites for hydroxylation is 2. The fourth-order valence-corrected chi connectivity index (χ4v) is 3.50. The van der Waals surface area contributed by atoms with Crippen LogP contribution in [0, 0.1) is 6.92 Å². The predicted molar refractivity (Wildman–Crippen MR) is 88.0 cm³/mol. The molecule has 3 nitrogen and oxygen atoms in total. The molecule has 0 aliphatic carbocycles. The van der Waals surface area contributed by atoms with Crippen molar-refractivity contribution in [3.63, 3.8) is 0 Å². The van der Waals surface area contributed by atoms with Crippen molar-refractivity contribution >= 4 is 27.5 Å². The monoisotopic (exact) mass is 298 g/mol. The molecule has 0 aliphatic rings. The molecule has 0 saturated heterocycles. The molecule has 0 saturated carbocycles. The van der Waals surface area contributed by atoms with E-state index in [0.717, 1.165) is 17.6 Å². The van der Waals surface area contributed by atoms with Crippen LogP contribution >= 0.6 is 11.3 Å². The van der Waals surface area contributed by atoms with Crippen LogP contribution < -0.4 is 5.32 Å². The van der Waals surface area contributed by atoms with Crippen LogP contribution in [0.25, 0.3) is 10.2 Å². The Morgan fingerprint density at radius 2 is 2.00 bits per heavy atom. The van der Waals surface area contributed by atoms with Gasteiger partial charge in [0.15, 0.2) is 0 Å². The van der Waals surface area contributed by atoms with Crippen LogP contribution in [-0.2, 0) is 13.5 Å². The van der Waals surface area contributed by atoms with Crippen molar-refractivity contribution in [1.29, 1.82) is 0 Å². The lowest BCUT2D eigenvalue weighted by Crippen LogP contribution is -2.27. The Balaban J connectivity index is 1.67. The van der Waals surface area contributed by atoms with Crippen LogP contribution in [0.5, 0.6) is 0 Å².